The van der Waals surface area contributed by atoms with E-state index in [4.69, 9.17) is 9.47 Å². The van der Waals surface area contributed by atoms with E-state index < -0.39 is 0 Å². The van der Waals surface area contributed by atoms with Crippen LogP contribution in [0, 0.1) is 0 Å². The first-order valence-electron chi connectivity index (χ1n) is 6.58. The Morgan fingerprint density at radius 1 is 1.00 bits per heavy atom. The van der Waals surface area contributed by atoms with Gasteiger partial charge in [0.15, 0.2) is 5.75 Å². The number of rotatable bonds is 4. The first-order valence-corrected chi connectivity index (χ1v) is 6.58. The average molecular weight is 259 g/mol. The summed E-state index contributed by atoms with van der Waals surface area (Å²) < 4.78 is 10.7. The molecule has 1 aromatic heterocycles. The highest BCUT2D eigenvalue weighted by Crippen LogP contribution is 2.28. The Kier molecular flexibility index (Phi) is 6.44. The Morgan fingerprint density at radius 3 is 2.26 bits per heavy atom. The van der Waals surface area contributed by atoms with Crippen molar-refractivity contribution < 1.29 is 9.47 Å². The van der Waals surface area contributed by atoms with Gasteiger partial charge in [-0.1, -0.05) is 44.2 Å². The molecule has 0 radical (unpaired) electrons. The molecule has 0 N–H and O–H groups in total. The molecule has 19 heavy (non-hydrogen) atoms. The van der Waals surface area contributed by atoms with Crippen LogP contribution in [0.4, 0.5) is 0 Å². The van der Waals surface area contributed by atoms with Crippen molar-refractivity contribution in [1.82, 2.24) is 4.98 Å². The van der Waals surface area contributed by atoms with E-state index in [-0.39, 0.29) is 0 Å². The summed E-state index contributed by atoms with van der Waals surface area (Å²) in [6.07, 6.45) is 0. The number of benzene rings is 1. The standard InChI is InChI=1S/C14H15NO2.C2H6/c1-3-17-14-13(16-2)10-9-12(15-14)11-7-5-4-6-8-11;1-2/h4-10H,3H2,1-2H3;1-2H3. The average Bonchev–Trinajstić information content (AvgIpc) is 2.50. The predicted molar refractivity (Wildman–Crippen MR) is 78.7 cm³/mol. The molecule has 0 fully saturated rings. The van der Waals surface area contributed by atoms with Gasteiger partial charge >= 0.3 is 0 Å². The van der Waals surface area contributed by atoms with Gasteiger partial charge in [0.1, 0.15) is 0 Å². The summed E-state index contributed by atoms with van der Waals surface area (Å²) in [7, 11) is 1.61. The van der Waals surface area contributed by atoms with Gasteiger partial charge in [-0.2, -0.15) is 0 Å². The smallest absolute Gasteiger partial charge is 0.257 e. The maximum Gasteiger partial charge on any atom is 0.257 e. The fraction of sp³-hybridized carbons (Fsp3) is 0.312. The highest BCUT2D eigenvalue weighted by Gasteiger charge is 2.08. The SMILES string of the molecule is CC.CCOc1nc(-c2ccccc2)ccc1OC. The molecular formula is C16H21NO2. The van der Waals surface area contributed by atoms with Crippen LogP contribution < -0.4 is 9.47 Å². The molecule has 3 heteroatoms. The minimum atomic E-state index is 0.538. The fourth-order valence-electron chi connectivity index (χ4n) is 1.59. The molecule has 2 rings (SSSR count). The molecule has 1 aromatic carbocycles. The third kappa shape index (κ3) is 3.98. The molecule has 1 heterocycles. The number of ether oxygens (including phenoxy) is 2. The normalized spacial score (nSPS) is 9.26. The molecule has 0 atom stereocenters. The lowest BCUT2D eigenvalue weighted by molar-refractivity contribution is 0.299. The molecule has 0 aliphatic rings. The highest BCUT2D eigenvalue weighted by molar-refractivity contribution is 5.60. The largest absolute Gasteiger partial charge is 0.491 e. The van der Waals surface area contributed by atoms with Gasteiger partial charge in [-0.3, -0.25) is 0 Å². The van der Waals surface area contributed by atoms with Crippen molar-refractivity contribution in [2.75, 3.05) is 13.7 Å². The van der Waals surface area contributed by atoms with Crippen LogP contribution in [0.15, 0.2) is 42.5 Å². The maximum absolute atomic E-state index is 5.45. The van der Waals surface area contributed by atoms with Gasteiger partial charge in [-0.05, 0) is 19.1 Å². The second-order valence-electron chi connectivity index (χ2n) is 3.50. The van der Waals surface area contributed by atoms with Gasteiger partial charge in [-0.25, -0.2) is 4.98 Å². The van der Waals surface area contributed by atoms with Gasteiger partial charge in [0, 0.05) is 5.56 Å². The quantitative estimate of drug-likeness (QED) is 0.825. The van der Waals surface area contributed by atoms with Crippen molar-refractivity contribution in [1.29, 1.82) is 0 Å². The van der Waals surface area contributed by atoms with Crippen LogP contribution in [0.2, 0.25) is 0 Å². The van der Waals surface area contributed by atoms with Gasteiger partial charge in [-0.15, -0.1) is 0 Å². The van der Waals surface area contributed by atoms with Gasteiger partial charge in [0.2, 0.25) is 0 Å². The van der Waals surface area contributed by atoms with E-state index in [1.807, 2.05) is 63.2 Å². The maximum atomic E-state index is 5.45. The molecule has 2 aromatic rings. The van der Waals surface area contributed by atoms with Crippen molar-refractivity contribution in [2.24, 2.45) is 0 Å². The molecule has 0 saturated carbocycles. The van der Waals surface area contributed by atoms with Gasteiger partial charge < -0.3 is 9.47 Å². The molecule has 0 aliphatic carbocycles. The zero-order valence-electron chi connectivity index (χ0n) is 12.0. The summed E-state index contributed by atoms with van der Waals surface area (Å²) in [5.41, 5.74) is 1.95. The van der Waals surface area contributed by atoms with Crippen LogP contribution in [-0.4, -0.2) is 18.7 Å². The molecule has 3 nitrogen and oxygen atoms in total. The fourth-order valence-corrected chi connectivity index (χ4v) is 1.59. The first-order chi connectivity index (χ1) is 9.35. The van der Waals surface area contributed by atoms with E-state index in [9.17, 15) is 0 Å². The lowest BCUT2D eigenvalue weighted by Gasteiger charge is -2.09. The van der Waals surface area contributed by atoms with E-state index in [1.54, 1.807) is 7.11 Å². The van der Waals surface area contributed by atoms with Crippen molar-refractivity contribution in [3.8, 4) is 22.9 Å². The summed E-state index contributed by atoms with van der Waals surface area (Å²) in [6, 6.07) is 13.8. The number of hydrogen-bond donors (Lipinski definition) is 0. The van der Waals surface area contributed by atoms with Crippen LogP contribution in [0.5, 0.6) is 11.6 Å². The van der Waals surface area contributed by atoms with E-state index >= 15 is 0 Å². The van der Waals surface area contributed by atoms with E-state index in [0.717, 1.165) is 11.3 Å². The number of methoxy groups -OCH3 is 1. The van der Waals surface area contributed by atoms with E-state index in [1.165, 1.54) is 0 Å². The molecule has 0 unspecified atom stereocenters. The minimum absolute atomic E-state index is 0.538. The van der Waals surface area contributed by atoms with Crippen LogP contribution in [-0.2, 0) is 0 Å². The van der Waals surface area contributed by atoms with Crippen LogP contribution in [0.1, 0.15) is 20.8 Å². The summed E-state index contributed by atoms with van der Waals surface area (Å²) in [6.45, 7) is 6.50. The summed E-state index contributed by atoms with van der Waals surface area (Å²) in [4.78, 5) is 4.46. The van der Waals surface area contributed by atoms with Crippen LogP contribution >= 0.6 is 0 Å². The topological polar surface area (TPSA) is 31.4 Å². The number of hydrogen-bond acceptors (Lipinski definition) is 3. The summed E-state index contributed by atoms with van der Waals surface area (Å²) in [5.74, 6) is 1.20. The predicted octanol–water partition coefficient (Wildman–Crippen LogP) is 4.18. The monoisotopic (exact) mass is 259 g/mol. The molecular weight excluding hydrogens is 238 g/mol. The van der Waals surface area contributed by atoms with Crippen LogP contribution in [0.25, 0.3) is 11.3 Å². The zero-order valence-corrected chi connectivity index (χ0v) is 12.0. The number of nitrogens with zero attached hydrogens (tertiary/aromatic N) is 1. The molecule has 102 valence electrons. The van der Waals surface area contributed by atoms with Gasteiger partial charge in [0.05, 0.1) is 19.4 Å². The van der Waals surface area contributed by atoms with Crippen molar-refractivity contribution in [3.05, 3.63) is 42.5 Å². The zero-order chi connectivity index (χ0) is 14.1. The third-order valence-corrected chi connectivity index (χ3v) is 2.40. The first kappa shape index (κ1) is 15.0. The van der Waals surface area contributed by atoms with Crippen molar-refractivity contribution >= 4 is 0 Å². The van der Waals surface area contributed by atoms with E-state index in [0.29, 0.717) is 18.2 Å². The van der Waals surface area contributed by atoms with E-state index in [2.05, 4.69) is 4.98 Å². The summed E-state index contributed by atoms with van der Waals surface area (Å²) >= 11 is 0. The van der Waals surface area contributed by atoms with Crippen molar-refractivity contribution in [3.63, 3.8) is 0 Å². The minimum Gasteiger partial charge on any atom is -0.491 e. The number of pyridine rings is 1. The Balaban J connectivity index is 0.000000861. The van der Waals surface area contributed by atoms with Gasteiger partial charge in [0.25, 0.3) is 5.88 Å². The lowest BCUT2D eigenvalue weighted by atomic mass is 10.1. The molecule has 0 spiro atoms. The highest BCUT2D eigenvalue weighted by atomic mass is 16.5. The third-order valence-electron chi connectivity index (χ3n) is 2.40. The summed E-state index contributed by atoms with van der Waals surface area (Å²) in [5, 5.41) is 0. The van der Waals surface area contributed by atoms with Crippen molar-refractivity contribution in [2.45, 2.75) is 20.8 Å². The van der Waals surface area contributed by atoms with Crippen LogP contribution in [0.3, 0.4) is 0 Å². The Bertz CT molecular complexity index is 483. The lowest BCUT2D eigenvalue weighted by Crippen LogP contribution is -1.98. The molecule has 0 aliphatic heterocycles. The molecule has 0 saturated heterocycles. The second-order valence-corrected chi connectivity index (χ2v) is 3.50. The Labute approximate surface area is 115 Å². The Morgan fingerprint density at radius 2 is 1.68 bits per heavy atom. The number of aromatic nitrogens is 1. The molecule has 0 amide bonds. The Hall–Kier alpha value is -2.03. The second kappa shape index (κ2) is 8.14. The molecule has 0 bridgehead atoms.